The Labute approximate surface area is 154 Å². The molecule has 0 saturated heterocycles. The molecule has 0 aliphatic carbocycles. The Morgan fingerprint density at radius 2 is 1.77 bits per heavy atom. The zero-order valence-electron chi connectivity index (χ0n) is 15.3. The minimum Gasteiger partial charge on any atom is -0.495 e. The predicted octanol–water partition coefficient (Wildman–Crippen LogP) is 4.28. The van der Waals surface area contributed by atoms with Crippen LogP contribution in [0.2, 0.25) is 0 Å². The molecule has 0 bridgehead atoms. The number of nitriles is 1. The van der Waals surface area contributed by atoms with Crippen molar-refractivity contribution in [3.63, 3.8) is 0 Å². The number of aryl methyl sites for hydroxylation is 2. The molecular formula is C21H23N3O2. The molecule has 134 valence electrons. The summed E-state index contributed by atoms with van der Waals surface area (Å²) in [4.78, 5) is 12.4. The molecule has 2 aromatic rings. The maximum atomic E-state index is 12.4. The first-order chi connectivity index (χ1) is 12.6. The summed E-state index contributed by atoms with van der Waals surface area (Å²) in [6.45, 7) is 4.15. The molecule has 0 aromatic heterocycles. The minimum absolute atomic E-state index is 0.0103. The highest BCUT2D eigenvalue weighted by Gasteiger charge is 2.13. The molecule has 26 heavy (non-hydrogen) atoms. The molecule has 0 fully saturated rings. The number of carbonyl (C=O) groups excluding carboxylic acids is 1. The topological polar surface area (TPSA) is 74.2 Å². The highest BCUT2D eigenvalue weighted by molar-refractivity contribution is 6.07. The number of carbonyl (C=O) groups is 1. The van der Waals surface area contributed by atoms with E-state index in [0.29, 0.717) is 11.4 Å². The molecule has 0 unspecified atom stereocenters. The van der Waals surface area contributed by atoms with E-state index in [-0.39, 0.29) is 5.57 Å². The maximum absolute atomic E-state index is 12.4. The highest BCUT2D eigenvalue weighted by atomic mass is 16.5. The van der Waals surface area contributed by atoms with Crippen LogP contribution in [0.15, 0.2) is 54.2 Å². The normalized spacial score (nSPS) is 10.8. The van der Waals surface area contributed by atoms with Crippen LogP contribution in [0.3, 0.4) is 0 Å². The van der Waals surface area contributed by atoms with E-state index in [1.807, 2.05) is 30.3 Å². The Kier molecular flexibility index (Phi) is 6.81. The Balaban J connectivity index is 2.23. The van der Waals surface area contributed by atoms with Gasteiger partial charge in [-0.3, -0.25) is 4.79 Å². The fourth-order valence-corrected chi connectivity index (χ4v) is 2.66. The van der Waals surface area contributed by atoms with Gasteiger partial charge in [0, 0.05) is 11.9 Å². The van der Waals surface area contributed by atoms with Gasteiger partial charge in [0.05, 0.1) is 12.8 Å². The van der Waals surface area contributed by atoms with Crippen molar-refractivity contribution in [2.24, 2.45) is 0 Å². The van der Waals surface area contributed by atoms with E-state index >= 15 is 0 Å². The number of rotatable bonds is 7. The van der Waals surface area contributed by atoms with E-state index in [1.165, 1.54) is 13.3 Å². The lowest BCUT2D eigenvalue weighted by Crippen LogP contribution is -2.15. The molecule has 0 atom stereocenters. The van der Waals surface area contributed by atoms with Gasteiger partial charge in [-0.2, -0.15) is 5.26 Å². The van der Waals surface area contributed by atoms with Crippen LogP contribution in [0.25, 0.3) is 0 Å². The van der Waals surface area contributed by atoms with Crippen LogP contribution in [0.5, 0.6) is 5.75 Å². The van der Waals surface area contributed by atoms with Gasteiger partial charge in [-0.05, 0) is 36.1 Å². The number of amides is 1. The van der Waals surface area contributed by atoms with Gasteiger partial charge in [0.15, 0.2) is 0 Å². The Morgan fingerprint density at radius 3 is 2.35 bits per heavy atom. The maximum Gasteiger partial charge on any atom is 0.267 e. The van der Waals surface area contributed by atoms with Crippen LogP contribution < -0.4 is 15.4 Å². The van der Waals surface area contributed by atoms with E-state index in [0.717, 1.165) is 29.7 Å². The Morgan fingerprint density at radius 1 is 1.12 bits per heavy atom. The van der Waals surface area contributed by atoms with Crippen molar-refractivity contribution in [3.05, 3.63) is 65.4 Å². The average molecular weight is 349 g/mol. The van der Waals surface area contributed by atoms with Gasteiger partial charge in [0.25, 0.3) is 5.91 Å². The predicted molar refractivity (Wildman–Crippen MR) is 104 cm³/mol. The second-order valence-corrected chi connectivity index (χ2v) is 5.63. The number of anilines is 2. The largest absolute Gasteiger partial charge is 0.495 e. The van der Waals surface area contributed by atoms with Crippen molar-refractivity contribution in [2.45, 2.75) is 26.7 Å². The van der Waals surface area contributed by atoms with Gasteiger partial charge >= 0.3 is 0 Å². The number of methoxy groups -OCH3 is 1. The van der Waals surface area contributed by atoms with Crippen molar-refractivity contribution in [1.82, 2.24) is 0 Å². The number of hydrogen-bond acceptors (Lipinski definition) is 4. The summed E-state index contributed by atoms with van der Waals surface area (Å²) in [5.74, 6) is 0.0484. The third-order valence-corrected chi connectivity index (χ3v) is 4.08. The summed E-state index contributed by atoms with van der Waals surface area (Å²) in [5, 5.41) is 15.2. The lowest BCUT2D eigenvalue weighted by Gasteiger charge is -2.13. The van der Waals surface area contributed by atoms with Crippen LogP contribution in [-0.2, 0) is 17.6 Å². The van der Waals surface area contributed by atoms with Crippen LogP contribution in [0.1, 0.15) is 25.0 Å². The standard InChI is InChI=1S/C21H23N3O2/c1-4-15-9-8-10-16(5-2)20(15)23-14-17(13-22)21(25)24-18-11-6-7-12-19(18)26-3/h6-12,14,23H,4-5H2,1-3H3,(H,24,25)/b17-14-. The van der Waals surface area contributed by atoms with Gasteiger partial charge < -0.3 is 15.4 Å². The molecule has 0 aliphatic rings. The SMILES string of the molecule is CCc1cccc(CC)c1N/C=C(/C#N)C(=O)Nc1ccccc1OC. The number of nitrogens with zero attached hydrogens (tertiary/aromatic N) is 1. The first-order valence-corrected chi connectivity index (χ1v) is 8.56. The smallest absolute Gasteiger partial charge is 0.267 e. The van der Waals surface area contributed by atoms with E-state index in [9.17, 15) is 10.1 Å². The Bertz CT molecular complexity index is 828. The van der Waals surface area contributed by atoms with Crippen molar-refractivity contribution in [3.8, 4) is 11.8 Å². The van der Waals surface area contributed by atoms with Crippen molar-refractivity contribution in [2.75, 3.05) is 17.7 Å². The number of benzene rings is 2. The van der Waals surface area contributed by atoms with E-state index in [1.54, 1.807) is 18.2 Å². The molecular weight excluding hydrogens is 326 g/mol. The van der Waals surface area contributed by atoms with Gasteiger partial charge in [0.2, 0.25) is 0 Å². The fraction of sp³-hybridized carbons (Fsp3) is 0.238. The summed E-state index contributed by atoms with van der Waals surface area (Å²) >= 11 is 0. The molecule has 0 radical (unpaired) electrons. The van der Waals surface area contributed by atoms with Gasteiger partial charge in [0.1, 0.15) is 17.4 Å². The molecule has 5 heteroatoms. The summed E-state index contributed by atoms with van der Waals surface area (Å²) < 4.78 is 5.22. The third kappa shape index (κ3) is 4.42. The second kappa shape index (κ2) is 9.28. The molecule has 0 heterocycles. The molecule has 0 spiro atoms. The molecule has 0 saturated carbocycles. The van der Waals surface area contributed by atoms with Gasteiger partial charge in [-0.15, -0.1) is 0 Å². The minimum atomic E-state index is -0.489. The molecule has 2 aromatic carbocycles. The van der Waals surface area contributed by atoms with Crippen molar-refractivity contribution >= 4 is 17.3 Å². The second-order valence-electron chi connectivity index (χ2n) is 5.63. The summed E-state index contributed by atoms with van der Waals surface area (Å²) in [6.07, 6.45) is 3.18. The van der Waals surface area contributed by atoms with E-state index in [4.69, 9.17) is 4.74 Å². The molecule has 2 N–H and O–H groups in total. The summed E-state index contributed by atoms with van der Waals surface area (Å²) in [7, 11) is 1.53. The third-order valence-electron chi connectivity index (χ3n) is 4.08. The van der Waals surface area contributed by atoms with Crippen LogP contribution in [0, 0.1) is 11.3 Å². The van der Waals surface area contributed by atoms with Gasteiger partial charge in [-0.1, -0.05) is 44.2 Å². The number of hydrogen-bond donors (Lipinski definition) is 2. The molecule has 0 aliphatic heterocycles. The van der Waals surface area contributed by atoms with Crippen molar-refractivity contribution in [1.29, 1.82) is 5.26 Å². The first-order valence-electron chi connectivity index (χ1n) is 8.56. The molecule has 2 rings (SSSR count). The number of para-hydroxylation sites is 3. The van der Waals surface area contributed by atoms with Gasteiger partial charge in [-0.25, -0.2) is 0 Å². The lowest BCUT2D eigenvalue weighted by molar-refractivity contribution is -0.112. The lowest BCUT2D eigenvalue weighted by atomic mass is 10.0. The van der Waals surface area contributed by atoms with Crippen molar-refractivity contribution < 1.29 is 9.53 Å². The first kappa shape index (κ1) is 19.1. The average Bonchev–Trinajstić information content (AvgIpc) is 2.68. The summed E-state index contributed by atoms with van der Waals surface area (Å²) in [5.41, 5.74) is 3.75. The van der Waals surface area contributed by atoms with Crippen LogP contribution >= 0.6 is 0 Å². The summed E-state index contributed by atoms with van der Waals surface area (Å²) in [6, 6.07) is 15.1. The fourth-order valence-electron chi connectivity index (χ4n) is 2.66. The van der Waals surface area contributed by atoms with E-state index in [2.05, 4.69) is 24.5 Å². The molecule has 1 amide bonds. The zero-order chi connectivity index (χ0) is 18.9. The van der Waals surface area contributed by atoms with Crippen LogP contribution in [0.4, 0.5) is 11.4 Å². The quantitative estimate of drug-likeness (QED) is 0.578. The molecule has 5 nitrogen and oxygen atoms in total. The number of ether oxygens (including phenoxy) is 1. The highest BCUT2D eigenvalue weighted by Crippen LogP contribution is 2.24. The van der Waals surface area contributed by atoms with E-state index < -0.39 is 5.91 Å². The van der Waals surface area contributed by atoms with Crippen LogP contribution in [-0.4, -0.2) is 13.0 Å². The monoisotopic (exact) mass is 349 g/mol. The zero-order valence-corrected chi connectivity index (χ0v) is 15.3. The number of nitrogens with one attached hydrogen (secondary N) is 2. The Hall–Kier alpha value is -3.26.